The van der Waals surface area contributed by atoms with Gasteiger partial charge in [0.1, 0.15) is 12.1 Å². The molecule has 1 unspecified atom stereocenters. The lowest BCUT2D eigenvalue weighted by Crippen LogP contribution is -2.26. The third-order valence-electron chi connectivity index (χ3n) is 2.60. The van der Waals surface area contributed by atoms with Gasteiger partial charge in [-0.05, 0) is 12.7 Å². The van der Waals surface area contributed by atoms with Crippen molar-refractivity contribution in [2.75, 3.05) is 0 Å². The summed E-state index contributed by atoms with van der Waals surface area (Å²) in [4.78, 5) is 21.4. The van der Waals surface area contributed by atoms with Crippen LogP contribution < -0.4 is 0 Å². The van der Waals surface area contributed by atoms with Gasteiger partial charge >= 0.3 is 0 Å². The molecule has 0 spiro atoms. The van der Waals surface area contributed by atoms with Crippen LogP contribution in [0.5, 0.6) is 0 Å². The van der Waals surface area contributed by atoms with E-state index in [1.54, 1.807) is 0 Å². The van der Waals surface area contributed by atoms with E-state index in [1.165, 1.54) is 0 Å². The van der Waals surface area contributed by atoms with Gasteiger partial charge in [-0.1, -0.05) is 12.7 Å². The molecule has 0 aliphatic carbocycles. The fourth-order valence-electron chi connectivity index (χ4n) is 1.85. The molecule has 0 aromatic heterocycles. The Bertz CT molecular complexity index is 246. The van der Waals surface area contributed by atoms with Crippen LogP contribution in [0.2, 0.25) is 12.6 Å². The number of carbonyl (C=O) groups excluding carboxylic acids is 2. The maximum absolute atomic E-state index is 11.3. The summed E-state index contributed by atoms with van der Waals surface area (Å²) >= 11 is 0. The number of nitrogens with zero attached hydrogens (tertiary/aromatic N) is 1. The van der Waals surface area contributed by atoms with Crippen molar-refractivity contribution in [3.8, 4) is 5.97 Å². The third kappa shape index (κ3) is 2.69. The SMILES string of the molecule is N#CB1CCCC(C(=O)CC=O)C1. The number of Topliss-reactive ketones (excluding diaryl/α,β-unsaturated/α-hetero) is 1. The molecule has 0 N–H and O–H groups in total. The van der Waals surface area contributed by atoms with Crippen molar-refractivity contribution < 1.29 is 9.59 Å². The lowest BCUT2D eigenvalue weighted by atomic mass is 9.40. The quantitative estimate of drug-likeness (QED) is 0.368. The zero-order valence-corrected chi connectivity index (χ0v) is 7.53. The molecule has 0 aromatic rings. The minimum absolute atomic E-state index is 0.00921. The monoisotopic (exact) mass is 177 g/mol. The summed E-state index contributed by atoms with van der Waals surface area (Å²) in [6.45, 7) is 0.0225. The average molecular weight is 177 g/mol. The summed E-state index contributed by atoms with van der Waals surface area (Å²) in [5.74, 6) is 2.16. The summed E-state index contributed by atoms with van der Waals surface area (Å²) in [6, 6.07) is 0. The van der Waals surface area contributed by atoms with E-state index in [0.717, 1.165) is 19.2 Å². The van der Waals surface area contributed by atoms with Gasteiger partial charge in [0.2, 0.25) is 0 Å². The van der Waals surface area contributed by atoms with E-state index in [4.69, 9.17) is 5.26 Å². The second-order valence-electron chi connectivity index (χ2n) is 3.53. The molecule has 0 aromatic carbocycles. The molecule has 1 heterocycles. The lowest BCUT2D eigenvalue weighted by Gasteiger charge is -2.21. The predicted octanol–water partition coefficient (Wildman–Crippen LogP) is 1.11. The Balaban J connectivity index is 2.47. The largest absolute Gasteiger partial charge is 0.303 e. The molecule has 1 aliphatic heterocycles. The van der Waals surface area contributed by atoms with Crippen molar-refractivity contribution in [2.24, 2.45) is 5.92 Å². The highest BCUT2D eigenvalue weighted by Gasteiger charge is 2.29. The standard InChI is InChI=1S/C9H12BNO2/c11-7-10-4-1-2-8(6-10)9(13)3-5-12/h5,8H,1-4,6H2. The Hall–Kier alpha value is -1.11. The molecule has 3 nitrogen and oxygen atoms in total. The molecule has 1 rings (SSSR count). The van der Waals surface area contributed by atoms with Gasteiger partial charge in [0, 0.05) is 11.9 Å². The summed E-state index contributed by atoms with van der Waals surface area (Å²) in [6.07, 6.45) is 4.02. The number of ketones is 1. The first kappa shape index (κ1) is 9.98. The van der Waals surface area contributed by atoms with E-state index in [1.807, 2.05) is 0 Å². The van der Waals surface area contributed by atoms with Gasteiger partial charge in [-0.15, -0.1) is 0 Å². The molecule has 0 saturated carbocycles. The Morgan fingerprint density at radius 1 is 1.69 bits per heavy atom. The first-order valence-electron chi connectivity index (χ1n) is 4.64. The van der Waals surface area contributed by atoms with Crippen LogP contribution in [0.1, 0.15) is 19.3 Å². The van der Waals surface area contributed by atoms with Crippen LogP contribution in [0.15, 0.2) is 0 Å². The van der Waals surface area contributed by atoms with E-state index in [-0.39, 0.29) is 24.8 Å². The predicted molar refractivity (Wildman–Crippen MR) is 49.4 cm³/mol. The summed E-state index contributed by atoms with van der Waals surface area (Å²) in [7, 11) is 0. The minimum Gasteiger partial charge on any atom is -0.303 e. The van der Waals surface area contributed by atoms with Crippen LogP contribution in [-0.2, 0) is 9.59 Å². The second kappa shape index (κ2) is 4.81. The van der Waals surface area contributed by atoms with E-state index < -0.39 is 0 Å². The molecule has 68 valence electrons. The zero-order chi connectivity index (χ0) is 9.68. The normalized spacial score (nSPS) is 22.1. The minimum atomic E-state index is -0.0383. The molecule has 4 heteroatoms. The van der Waals surface area contributed by atoms with Gasteiger partial charge in [-0.2, -0.15) is 0 Å². The maximum atomic E-state index is 11.3. The second-order valence-corrected chi connectivity index (χ2v) is 3.53. The lowest BCUT2D eigenvalue weighted by molar-refractivity contribution is -0.125. The number of carbonyl (C=O) groups is 2. The number of rotatable bonds is 3. The van der Waals surface area contributed by atoms with Gasteiger partial charge in [-0.3, -0.25) is 4.79 Å². The van der Waals surface area contributed by atoms with Crippen molar-refractivity contribution in [3.05, 3.63) is 0 Å². The van der Waals surface area contributed by atoms with Gasteiger partial charge in [0.05, 0.1) is 6.42 Å². The summed E-state index contributed by atoms with van der Waals surface area (Å²) in [5, 5.41) is 8.69. The maximum Gasteiger partial charge on any atom is 0.268 e. The molecule has 1 fully saturated rings. The molecule has 13 heavy (non-hydrogen) atoms. The summed E-state index contributed by atoms with van der Waals surface area (Å²) < 4.78 is 0. The molecular weight excluding hydrogens is 165 g/mol. The van der Waals surface area contributed by atoms with Crippen LogP contribution in [0.4, 0.5) is 0 Å². The van der Waals surface area contributed by atoms with Crippen LogP contribution in [-0.4, -0.2) is 18.8 Å². The first-order chi connectivity index (χ1) is 6.27. The van der Waals surface area contributed by atoms with E-state index in [2.05, 4.69) is 5.97 Å². The Kier molecular flexibility index (Phi) is 3.69. The molecule has 1 atom stereocenters. The highest BCUT2D eigenvalue weighted by atomic mass is 16.1. The molecule has 1 aliphatic rings. The number of hydrogen-bond acceptors (Lipinski definition) is 3. The van der Waals surface area contributed by atoms with Crippen molar-refractivity contribution in [1.29, 1.82) is 5.26 Å². The van der Waals surface area contributed by atoms with E-state index in [9.17, 15) is 9.59 Å². The van der Waals surface area contributed by atoms with Crippen LogP contribution in [0, 0.1) is 17.1 Å². The Labute approximate surface area is 78.2 Å². The van der Waals surface area contributed by atoms with E-state index in [0.29, 0.717) is 12.6 Å². The van der Waals surface area contributed by atoms with Crippen LogP contribution in [0.25, 0.3) is 0 Å². The highest BCUT2D eigenvalue weighted by molar-refractivity contribution is 6.67. The van der Waals surface area contributed by atoms with Crippen molar-refractivity contribution in [2.45, 2.75) is 31.9 Å². The molecular formula is C9H12BNO2. The Morgan fingerprint density at radius 3 is 3.08 bits per heavy atom. The molecule has 1 saturated heterocycles. The van der Waals surface area contributed by atoms with Crippen molar-refractivity contribution in [1.82, 2.24) is 0 Å². The zero-order valence-electron chi connectivity index (χ0n) is 7.53. The number of nitriles is 1. The molecule has 0 amide bonds. The topological polar surface area (TPSA) is 57.9 Å². The first-order valence-corrected chi connectivity index (χ1v) is 4.64. The van der Waals surface area contributed by atoms with E-state index >= 15 is 0 Å². The Morgan fingerprint density at radius 2 is 2.46 bits per heavy atom. The van der Waals surface area contributed by atoms with Crippen LogP contribution in [0.3, 0.4) is 0 Å². The molecule has 0 bridgehead atoms. The smallest absolute Gasteiger partial charge is 0.268 e. The average Bonchev–Trinajstić information content (AvgIpc) is 2.18. The van der Waals surface area contributed by atoms with Crippen LogP contribution >= 0.6 is 0 Å². The molecule has 0 radical (unpaired) electrons. The fraction of sp³-hybridized carbons (Fsp3) is 0.667. The highest BCUT2D eigenvalue weighted by Crippen LogP contribution is 2.26. The van der Waals surface area contributed by atoms with Crippen molar-refractivity contribution >= 4 is 18.8 Å². The number of hydrogen-bond donors (Lipinski definition) is 0. The van der Waals surface area contributed by atoms with Gasteiger partial charge < -0.3 is 4.79 Å². The van der Waals surface area contributed by atoms with Gasteiger partial charge in [0.25, 0.3) is 6.71 Å². The number of aldehydes is 1. The fourth-order valence-corrected chi connectivity index (χ4v) is 1.85. The third-order valence-corrected chi connectivity index (χ3v) is 2.60. The van der Waals surface area contributed by atoms with Gasteiger partial charge in [0.15, 0.2) is 0 Å². The van der Waals surface area contributed by atoms with Gasteiger partial charge in [-0.25, -0.2) is 5.26 Å². The van der Waals surface area contributed by atoms with Crippen molar-refractivity contribution in [3.63, 3.8) is 0 Å². The summed E-state index contributed by atoms with van der Waals surface area (Å²) in [5.41, 5.74) is 0.